The molecule has 0 fully saturated rings. The van der Waals surface area contributed by atoms with Gasteiger partial charge in [-0.2, -0.15) is 0 Å². The van der Waals surface area contributed by atoms with Crippen molar-refractivity contribution in [1.82, 2.24) is 4.57 Å². The number of aromatic nitrogens is 1. The molecule has 0 aliphatic rings. The first kappa shape index (κ1) is 21.9. The van der Waals surface area contributed by atoms with Gasteiger partial charge in [0.05, 0.1) is 26.0 Å². The van der Waals surface area contributed by atoms with Crippen LogP contribution in [0.5, 0.6) is 0 Å². The lowest BCUT2D eigenvalue weighted by molar-refractivity contribution is -0.157. The maximum atomic E-state index is 12.6. The van der Waals surface area contributed by atoms with E-state index in [4.69, 9.17) is 14.2 Å². The molecular weight excluding hydrogens is 430 g/mol. The number of rotatable bonds is 9. The smallest absolute Gasteiger partial charge is 0.326 e. The van der Waals surface area contributed by atoms with E-state index in [2.05, 4.69) is 15.9 Å². The molecule has 0 atom stereocenters. The molecule has 2 rings (SSSR count). The number of para-hydroxylation sites is 1. The molecule has 0 aliphatic carbocycles. The van der Waals surface area contributed by atoms with Crippen LogP contribution < -0.4 is 0 Å². The van der Waals surface area contributed by atoms with E-state index >= 15 is 0 Å². The third-order valence-corrected chi connectivity index (χ3v) is 5.09. The van der Waals surface area contributed by atoms with E-state index in [1.54, 1.807) is 13.8 Å². The number of carbonyl (C=O) groups excluding carboxylic acids is 3. The van der Waals surface area contributed by atoms with Gasteiger partial charge in [-0.25, -0.2) is 0 Å². The Bertz CT molecular complexity index is 842. The fourth-order valence-corrected chi connectivity index (χ4v) is 3.84. The van der Waals surface area contributed by atoms with Crippen molar-refractivity contribution in [3.8, 4) is 0 Å². The summed E-state index contributed by atoms with van der Waals surface area (Å²) in [5.41, 5.74) is 1.30. The van der Waals surface area contributed by atoms with E-state index in [-0.39, 0.29) is 25.6 Å². The molecular formula is C20H24BrNO6. The molecule has 28 heavy (non-hydrogen) atoms. The van der Waals surface area contributed by atoms with Gasteiger partial charge in [-0.1, -0.05) is 18.2 Å². The van der Waals surface area contributed by atoms with Gasteiger partial charge in [-0.3, -0.25) is 14.4 Å². The molecule has 1 aromatic heterocycles. The first-order valence-corrected chi connectivity index (χ1v) is 9.92. The minimum Gasteiger partial charge on any atom is -0.469 e. The maximum Gasteiger partial charge on any atom is 0.326 e. The predicted octanol–water partition coefficient (Wildman–Crippen LogP) is 3.57. The van der Waals surface area contributed by atoms with Crippen LogP contribution in [0.1, 0.15) is 38.3 Å². The van der Waals surface area contributed by atoms with E-state index in [1.165, 1.54) is 7.11 Å². The number of hydrogen-bond donors (Lipinski definition) is 0. The number of halogens is 1. The summed E-state index contributed by atoms with van der Waals surface area (Å²) in [6.07, 6.45) is 0.715. The zero-order chi connectivity index (χ0) is 20.7. The van der Waals surface area contributed by atoms with E-state index in [1.807, 2.05) is 28.8 Å². The summed E-state index contributed by atoms with van der Waals surface area (Å²) in [6.45, 7) is 4.08. The van der Waals surface area contributed by atoms with Crippen LogP contribution in [0.15, 0.2) is 28.7 Å². The van der Waals surface area contributed by atoms with Crippen LogP contribution in [0.4, 0.5) is 0 Å². The minimum atomic E-state index is -1.22. The number of nitrogens with zero attached hydrogens (tertiary/aromatic N) is 1. The van der Waals surface area contributed by atoms with Gasteiger partial charge in [-0.05, 0) is 42.3 Å². The zero-order valence-corrected chi connectivity index (χ0v) is 17.8. The molecule has 0 radical (unpaired) electrons. The van der Waals surface area contributed by atoms with Gasteiger partial charge < -0.3 is 18.8 Å². The Balaban J connectivity index is 2.56. The second kappa shape index (κ2) is 10.3. The first-order valence-electron chi connectivity index (χ1n) is 9.12. The second-order valence-corrected chi connectivity index (χ2v) is 6.78. The Kier molecular flexibility index (Phi) is 8.04. The van der Waals surface area contributed by atoms with Gasteiger partial charge in [0.1, 0.15) is 0 Å². The summed E-state index contributed by atoms with van der Waals surface area (Å²) in [4.78, 5) is 36.8. The van der Waals surface area contributed by atoms with Crippen molar-refractivity contribution in [2.45, 2.75) is 39.2 Å². The van der Waals surface area contributed by atoms with Crippen LogP contribution in [0, 0.1) is 0 Å². The van der Waals surface area contributed by atoms with Crippen molar-refractivity contribution < 1.29 is 28.6 Å². The molecule has 7 nitrogen and oxygen atoms in total. The van der Waals surface area contributed by atoms with Crippen molar-refractivity contribution in [3.63, 3.8) is 0 Å². The number of fused-ring (bicyclic) bond motifs is 1. The lowest BCUT2D eigenvalue weighted by Crippen LogP contribution is -2.28. The molecule has 2 aromatic rings. The lowest BCUT2D eigenvalue weighted by Gasteiger charge is -2.18. The highest BCUT2D eigenvalue weighted by atomic mass is 79.9. The Hall–Kier alpha value is -2.35. The molecule has 8 heteroatoms. The van der Waals surface area contributed by atoms with E-state index < -0.39 is 17.9 Å². The molecule has 0 bridgehead atoms. The average Bonchev–Trinajstić information content (AvgIpc) is 2.95. The number of hydrogen-bond acceptors (Lipinski definition) is 6. The van der Waals surface area contributed by atoms with Gasteiger partial charge in [0.25, 0.3) is 0 Å². The summed E-state index contributed by atoms with van der Waals surface area (Å²) in [5.74, 6) is -2.87. The van der Waals surface area contributed by atoms with Crippen molar-refractivity contribution in [1.29, 1.82) is 0 Å². The quantitative estimate of drug-likeness (QED) is 0.327. The molecule has 0 N–H and O–H groups in total. The highest BCUT2D eigenvalue weighted by molar-refractivity contribution is 9.10. The van der Waals surface area contributed by atoms with Crippen LogP contribution in [-0.4, -0.2) is 42.8 Å². The SMILES string of the molecule is CCOC(=O)C(C(=O)OCC)c1c(Br)c2ccccc2n1CCCC(=O)OC. The van der Waals surface area contributed by atoms with Crippen molar-refractivity contribution in [2.24, 2.45) is 0 Å². The van der Waals surface area contributed by atoms with Crippen LogP contribution in [-0.2, 0) is 35.1 Å². The van der Waals surface area contributed by atoms with E-state index in [9.17, 15) is 14.4 Å². The number of carbonyl (C=O) groups is 3. The van der Waals surface area contributed by atoms with Crippen molar-refractivity contribution in [2.75, 3.05) is 20.3 Å². The molecule has 0 spiro atoms. The summed E-state index contributed by atoms with van der Waals surface area (Å²) >= 11 is 3.55. The number of benzene rings is 1. The maximum absolute atomic E-state index is 12.6. The number of ether oxygens (including phenoxy) is 3. The Labute approximate surface area is 172 Å². The Morgan fingerprint density at radius 3 is 2.25 bits per heavy atom. The average molecular weight is 454 g/mol. The van der Waals surface area contributed by atoms with E-state index in [0.29, 0.717) is 23.1 Å². The normalized spacial score (nSPS) is 10.9. The van der Waals surface area contributed by atoms with Gasteiger partial charge in [0, 0.05) is 28.3 Å². The van der Waals surface area contributed by atoms with Crippen LogP contribution >= 0.6 is 15.9 Å². The van der Waals surface area contributed by atoms with Gasteiger partial charge in [0.15, 0.2) is 5.92 Å². The fourth-order valence-electron chi connectivity index (χ4n) is 3.06. The second-order valence-electron chi connectivity index (χ2n) is 5.98. The first-order chi connectivity index (χ1) is 13.5. The van der Waals surface area contributed by atoms with E-state index in [0.717, 1.165) is 10.9 Å². The molecule has 1 aromatic carbocycles. The van der Waals surface area contributed by atoms with Crippen LogP contribution in [0.25, 0.3) is 10.9 Å². The van der Waals surface area contributed by atoms with Crippen molar-refractivity contribution >= 4 is 44.7 Å². The highest BCUT2D eigenvalue weighted by Gasteiger charge is 2.37. The third-order valence-electron chi connectivity index (χ3n) is 4.26. The fraction of sp³-hybridized carbons (Fsp3) is 0.450. The van der Waals surface area contributed by atoms with Crippen LogP contribution in [0.2, 0.25) is 0 Å². The summed E-state index contributed by atoms with van der Waals surface area (Å²) in [7, 11) is 1.34. The number of aryl methyl sites for hydroxylation is 1. The largest absolute Gasteiger partial charge is 0.469 e. The van der Waals surface area contributed by atoms with Gasteiger partial charge >= 0.3 is 17.9 Å². The summed E-state index contributed by atoms with van der Waals surface area (Å²) in [6, 6.07) is 7.54. The Morgan fingerprint density at radius 1 is 1.07 bits per heavy atom. The lowest BCUT2D eigenvalue weighted by atomic mass is 10.1. The molecule has 0 saturated heterocycles. The predicted molar refractivity (Wildman–Crippen MR) is 107 cm³/mol. The summed E-state index contributed by atoms with van der Waals surface area (Å²) < 4.78 is 17.5. The molecule has 0 unspecified atom stereocenters. The van der Waals surface area contributed by atoms with Crippen LogP contribution in [0.3, 0.4) is 0 Å². The highest BCUT2D eigenvalue weighted by Crippen LogP contribution is 2.37. The third kappa shape index (κ3) is 4.73. The molecule has 0 aliphatic heterocycles. The number of esters is 3. The minimum absolute atomic E-state index is 0.148. The molecule has 0 amide bonds. The molecule has 0 saturated carbocycles. The van der Waals surface area contributed by atoms with Gasteiger partial charge in [-0.15, -0.1) is 0 Å². The zero-order valence-electron chi connectivity index (χ0n) is 16.2. The molecule has 152 valence electrons. The van der Waals surface area contributed by atoms with Gasteiger partial charge in [0.2, 0.25) is 0 Å². The molecule has 1 heterocycles. The number of methoxy groups -OCH3 is 1. The van der Waals surface area contributed by atoms with Crippen molar-refractivity contribution in [3.05, 3.63) is 34.4 Å². The monoisotopic (exact) mass is 453 g/mol. The summed E-state index contributed by atoms with van der Waals surface area (Å²) in [5, 5.41) is 0.856. The Morgan fingerprint density at radius 2 is 1.68 bits per heavy atom. The standard InChI is InChI=1S/C20H24BrNO6/c1-4-27-19(24)16(20(25)28-5-2)18-17(21)13-9-6-7-10-14(13)22(18)12-8-11-15(23)26-3/h6-7,9-10,16H,4-5,8,11-12H2,1-3H3. The topological polar surface area (TPSA) is 83.8 Å².